The van der Waals surface area contributed by atoms with E-state index in [4.69, 9.17) is 4.42 Å². The van der Waals surface area contributed by atoms with E-state index in [-0.39, 0.29) is 28.9 Å². The summed E-state index contributed by atoms with van der Waals surface area (Å²) in [6.45, 7) is 1.95. The first-order valence-corrected chi connectivity index (χ1v) is 15.3. The number of furan rings is 1. The van der Waals surface area contributed by atoms with Gasteiger partial charge in [0.15, 0.2) is 5.82 Å². The van der Waals surface area contributed by atoms with Gasteiger partial charge in [-0.3, -0.25) is 9.52 Å². The van der Waals surface area contributed by atoms with Crippen molar-refractivity contribution >= 4 is 65.3 Å². The van der Waals surface area contributed by atoms with E-state index < -0.39 is 19.9 Å². The standard InChI is InChI=1S/C22H26IN3O6S2/c1-14-7-9-15(10-8-14)19-18(21(27)24-2)16-13-17(23)20(25-22(16)32-19)26-34(30,31)12-6-4-5-11-33(3,28)29/h7-10,13H,4-6,11-12H2,1-3H3,(H,24,27)(H,25,26). The first-order valence-electron chi connectivity index (χ1n) is 10.5. The fourth-order valence-corrected chi connectivity index (χ4v) is 5.98. The molecule has 184 valence electrons. The highest BCUT2D eigenvalue weighted by molar-refractivity contribution is 14.1. The molecule has 0 saturated heterocycles. The van der Waals surface area contributed by atoms with Crippen molar-refractivity contribution in [2.75, 3.05) is 29.5 Å². The van der Waals surface area contributed by atoms with Gasteiger partial charge in [0.1, 0.15) is 15.6 Å². The largest absolute Gasteiger partial charge is 0.437 e. The molecule has 1 amide bonds. The van der Waals surface area contributed by atoms with Crippen LogP contribution < -0.4 is 10.0 Å². The molecular formula is C22H26IN3O6S2. The Morgan fingerprint density at radius 3 is 2.32 bits per heavy atom. The Hall–Kier alpha value is -2.19. The minimum absolute atomic E-state index is 0.0338. The maximum Gasteiger partial charge on any atom is 0.255 e. The molecule has 2 heterocycles. The number of aromatic nitrogens is 1. The zero-order valence-electron chi connectivity index (χ0n) is 19.0. The number of aryl methyl sites for hydroxylation is 1. The molecule has 3 rings (SSSR count). The van der Waals surface area contributed by atoms with Gasteiger partial charge in [0.05, 0.1) is 20.3 Å². The number of unbranched alkanes of at least 4 members (excludes halogenated alkanes) is 2. The van der Waals surface area contributed by atoms with E-state index in [0.717, 1.165) is 11.8 Å². The Labute approximate surface area is 212 Å². The molecule has 9 nitrogen and oxygen atoms in total. The number of sulfone groups is 1. The first kappa shape index (κ1) is 26.4. The van der Waals surface area contributed by atoms with Crippen LogP contribution >= 0.6 is 22.6 Å². The molecule has 3 aromatic rings. The molecule has 0 spiro atoms. The summed E-state index contributed by atoms with van der Waals surface area (Å²) in [7, 11) is -5.25. The van der Waals surface area contributed by atoms with E-state index in [9.17, 15) is 21.6 Å². The Morgan fingerprint density at radius 2 is 1.71 bits per heavy atom. The maximum absolute atomic E-state index is 12.7. The summed E-state index contributed by atoms with van der Waals surface area (Å²) in [6.07, 6.45) is 2.37. The summed E-state index contributed by atoms with van der Waals surface area (Å²) in [5.41, 5.74) is 2.22. The number of rotatable bonds is 10. The monoisotopic (exact) mass is 619 g/mol. The van der Waals surface area contributed by atoms with E-state index >= 15 is 0 Å². The molecule has 0 saturated carbocycles. The summed E-state index contributed by atoms with van der Waals surface area (Å²) < 4.78 is 56.4. The van der Waals surface area contributed by atoms with Crippen LogP contribution in [0.1, 0.15) is 35.2 Å². The quantitative estimate of drug-likeness (QED) is 0.261. The lowest BCUT2D eigenvalue weighted by Crippen LogP contribution is -2.19. The highest BCUT2D eigenvalue weighted by atomic mass is 127. The minimum Gasteiger partial charge on any atom is -0.437 e. The molecule has 2 aromatic heterocycles. The third-order valence-corrected chi connectivity index (χ3v) is 8.27. The van der Waals surface area contributed by atoms with E-state index in [0.29, 0.717) is 45.1 Å². The number of hydrogen-bond acceptors (Lipinski definition) is 7. The number of amides is 1. The van der Waals surface area contributed by atoms with Gasteiger partial charge in [-0.25, -0.2) is 16.8 Å². The molecule has 0 aliphatic heterocycles. The normalized spacial score (nSPS) is 12.1. The van der Waals surface area contributed by atoms with Gasteiger partial charge in [-0.15, -0.1) is 0 Å². The molecular weight excluding hydrogens is 593 g/mol. The van der Waals surface area contributed by atoms with Crippen LogP contribution in [0.3, 0.4) is 0 Å². The average Bonchev–Trinajstić information content (AvgIpc) is 3.10. The van der Waals surface area contributed by atoms with Crippen molar-refractivity contribution in [2.24, 2.45) is 0 Å². The fraction of sp³-hybridized carbons (Fsp3) is 0.364. The number of pyridine rings is 1. The lowest BCUT2D eigenvalue weighted by atomic mass is 10.0. The van der Waals surface area contributed by atoms with Gasteiger partial charge in [-0.2, -0.15) is 4.98 Å². The maximum atomic E-state index is 12.7. The van der Waals surface area contributed by atoms with Crippen LogP contribution in [-0.4, -0.2) is 52.5 Å². The van der Waals surface area contributed by atoms with Crippen molar-refractivity contribution in [2.45, 2.75) is 26.2 Å². The molecule has 0 bridgehead atoms. The number of anilines is 1. The summed E-state index contributed by atoms with van der Waals surface area (Å²) in [6, 6.07) is 9.17. The Morgan fingerprint density at radius 1 is 1.06 bits per heavy atom. The SMILES string of the molecule is CNC(=O)c1c(-c2ccc(C)cc2)oc2nc(NS(=O)(=O)CCCCCS(C)(=O)=O)c(I)cc12. The van der Waals surface area contributed by atoms with Crippen molar-refractivity contribution in [1.29, 1.82) is 0 Å². The smallest absolute Gasteiger partial charge is 0.255 e. The van der Waals surface area contributed by atoms with Crippen LogP contribution in [0.25, 0.3) is 22.4 Å². The van der Waals surface area contributed by atoms with Gasteiger partial charge < -0.3 is 9.73 Å². The first-order chi connectivity index (χ1) is 15.9. The third kappa shape index (κ3) is 6.69. The highest BCUT2D eigenvalue weighted by Gasteiger charge is 2.24. The number of nitrogens with zero attached hydrogens (tertiary/aromatic N) is 1. The van der Waals surface area contributed by atoms with Crippen molar-refractivity contribution in [3.8, 4) is 11.3 Å². The average molecular weight is 620 g/mol. The van der Waals surface area contributed by atoms with Crippen molar-refractivity contribution in [1.82, 2.24) is 10.3 Å². The van der Waals surface area contributed by atoms with Gasteiger partial charge in [0.25, 0.3) is 5.91 Å². The predicted octanol–water partition coefficient (Wildman–Crippen LogP) is 3.72. The topological polar surface area (TPSA) is 135 Å². The van der Waals surface area contributed by atoms with Gasteiger partial charge >= 0.3 is 0 Å². The van der Waals surface area contributed by atoms with Crippen LogP contribution in [0, 0.1) is 10.5 Å². The molecule has 0 radical (unpaired) electrons. The van der Waals surface area contributed by atoms with E-state index in [2.05, 4.69) is 15.0 Å². The Bertz CT molecular complexity index is 1420. The van der Waals surface area contributed by atoms with E-state index in [1.54, 1.807) is 6.07 Å². The molecule has 0 aliphatic rings. The number of carbonyl (C=O) groups is 1. The summed E-state index contributed by atoms with van der Waals surface area (Å²) in [5, 5.41) is 3.09. The third-order valence-electron chi connectivity index (χ3n) is 5.08. The van der Waals surface area contributed by atoms with Crippen LogP contribution in [0.4, 0.5) is 5.82 Å². The van der Waals surface area contributed by atoms with E-state index in [1.165, 1.54) is 7.05 Å². The molecule has 34 heavy (non-hydrogen) atoms. The van der Waals surface area contributed by atoms with Gasteiger partial charge in [0.2, 0.25) is 15.7 Å². The molecule has 1 aromatic carbocycles. The zero-order valence-corrected chi connectivity index (χ0v) is 22.8. The van der Waals surface area contributed by atoms with Gasteiger partial charge in [-0.1, -0.05) is 36.2 Å². The Kier molecular flexibility index (Phi) is 8.24. The highest BCUT2D eigenvalue weighted by Crippen LogP contribution is 2.35. The predicted molar refractivity (Wildman–Crippen MR) is 141 cm³/mol. The van der Waals surface area contributed by atoms with Crippen LogP contribution in [0.2, 0.25) is 0 Å². The molecule has 0 fully saturated rings. The van der Waals surface area contributed by atoms with Crippen LogP contribution in [0.5, 0.6) is 0 Å². The number of carbonyl (C=O) groups excluding carboxylic acids is 1. The minimum atomic E-state index is -3.71. The second-order valence-corrected chi connectivity index (χ2v) is 13.3. The number of sulfonamides is 1. The second-order valence-electron chi connectivity index (χ2n) is 8.03. The fourth-order valence-electron chi connectivity index (χ4n) is 3.36. The zero-order chi connectivity index (χ0) is 25.1. The Balaban J connectivity index is 1.88. The summed E-state index contributed by atoms with van der Waals surface area (Å²) in [4.78, 5) is 17.0. The van der Waals surface area contributed by atoms with Crippen LogP contribution in [0.15, 0.2) is 34.7 Å². The molecule has 0 unspecified atom stereocenters. The summed E-state index contributed by atoms with van der Waals surface area (Å²) >= 11 is 1.96. The van der Waals surface area contributed by atoms with Crippen molar-refractivity contribution in [3.63, 3.8) is 0 Å². The number of halogens is 1. The number of benzene rings is 1. The van der Waals surface area contributed by atoms with Gasteiger partial charge in [-0.05, 0) is 48.4 Å². The van der Waals surface area contributed by atoms with Crippen molar-refractivity contribution < 1.29 is 26.0 Å². The molecule has 12 heteroatoms. The molecule has 2 N–H and O–H groups in total. The van der Waals surface area contributed by atoms with Crippen LogP contribution in [-0.2, 0) is 19.9 Å². The second kappa shape index (κ2) is 10.6. The van der Waals surface area contributed by atoms with E-state index in [1.807, 2.05) is 53.8 Å². The molecule has 0 aliphatic carbocycles. The van der Waals surface area contributed by atoms with Crippen molar-refractivity contribution in [3.05, 3.63) is 45.0 Å². The summed E-state index contributed by atoms with van der Waals surface area (Å²) in [5.74, 6) is -0.00989. The lowest BCUT2D eigenvalue weighted by molar-refractivity contribution is 0.0964. The number of nitrogens with one attached hydrogen (secondary N) is 2. The lowest BCUT2D eigenvalue weighted by Gasteiger charge is -2.09. The number of fused-ring (bicyclic) bond motifs is 1. The number of hydrogen-bond donors (Lipinski definition) is 2. The van der Waals surface area contributed by atoms with Gasteiger partial charge in [0, 0.05) is 24.6 Å². The molecule has 0 atom stereocenters.